The zero-order chi connectivity index (χ0) is 14.7. The van der Waals surface area contributed by atoms with Gasteiger partial charge in [-0.25, -0.2) is 13.6 Å². The van der Waals surface area contributed by atoms with Crippen LogP contribution in [0.15, 0.2) is 36.4 Å². The van der Waals surface area contributed by atoms with Crippen molar-refractivity contribution in [2.75, 3.05) is 10.6 Å². The summed E-state index contributed by atoms with van der Waals surface area (Å²) < 4.78 is 26.8. The highest BCUT2D eigenvalue weighted by molar-refractivity contribution is 6.31. The van der Waals surface area contributed by atoms with Gasteiger partial charge in [0.05, 0.1) is 0 Å². The molecule has 0 aliphatic heterocycles. The summed E-state index contributed by atoms with van der Waals surface area (Å²) in [5, 5.41) is 5.10. The molecule has 0 spiro atoms. The minimum absolute atomic E-state index is 0.465. The molecule has 0 aliphatic carbocycles. The summed E-state index contributed by atoms with van der Waals surface area (Å²) in [5.41, 5.74) is 0.634. The second kappa shape index (κ2) is 5.88. The van der Waals surface area contributed by atoms with Crippen molar-refractivity contribution in [1.29, 1.82) is 0 Å². The molecule has 0 heterocycles. The van der Waals surface area contributed by atoms with Crippen LogP contribution in [-0.2, 0) is 0 Å². The first-order chi connectivity index (χ1) is 9.49. The van der Waals surface area contributed by atoms with E-state index in [-0.39, 0.29) is 0 Å². The van der Waals surface area contributed by atoms with Gasteiger partial charge in [0.1, 0.15) is 17.3 Å². The van der Waals surface area contributed by atoms with Crippen molar-refractivity contribution in [3.05, 3.63) is 58.6 Å². The lowest BCUT2D eigenvalue weighted by molar-refractivity contribution is 0.262. The average molecular weight is 297 g/mol. The van der Waals surface area contributed by atoms with Crippen LogP contribution in [0, 0.1) is 18.6 Å². The van der Waals surface area contributed by atoms with Gasteiger partial charge in [0.2, 0.25) is 0 Å². The highest BCUT2D eigenvalue weighted by atomic mass is 35.5. The van der Waals surface area contributed by atoms with E-state index in [0.717, 1.165) is 12.1 Å². The van der Waals surface area contributed by atoms with Crippen LogP contribution in [0.2, 0.25) is 5.02 Å². The number of halogens is 3. The Kier molecular flexibility index (Phi) is 4.20. The van der Waals surface area contributed by atoms with Crippen molar-refractivity contribution >= 4 is 29.0 Å². The minimum atomic E-state index is -0.844. The molecule has 0 aromatic heterocycles. The number of nitrogens with one attached hydrogen (secondary N) is 2. The van der Waals surface area contributed by atoms with Crippen LogP contribution >= 0.6 is 11.6 Å². The molecule has 20 heavy (non-hydrogen) atoms. The van der Waals surface area contributed by atoms with Crippen LogP contribution in [0.4, 0.5) is 25.0 Å². The first-order valence-corrected chi connectivity index (χ1v) is 6.14. The maximum Gasteiger partial charge on any atom is 0.323 e. The number of anilines is 2. The first-order valence-electron chi connectivity index (χ1n) is 5.76. The molecule has 0 bridgehead atoms. The quantitative estimate of drug-likeness (QED) is 0.837. The number of amides is 2. The van der Waals surface area contributed by atoms with Crippen molar-refractivity contribution in [3.63, 3.8) is 0 Å². The molecule has 0 saturated heterocycles. The van der Waals surface area contributed by atoms with Crippen molar-refractivity contribution < 1.29 is 13.6 Å². The van der Waals surface area contributed by atoms with Gasteiger partial charge in [-0.05, 0) is 36.8 Å². The lowest BCUT2D eigenvalue weighted by Gasteiger charge is -2.11. The number of para-hydroxylation sites is 1. The molecule has 3 nitrogen and oxygen atoms in total. The molecule has 0 atom stereocenters. The minimum Gasteiger partial charge on any atom is -0.307 e. The number of rotatable bonds is 2. The summed E-state index contributed by atoms with van der Waals surface area (Å²) in [6.07, 6.45) is 0. The fourth-order valence-corrected chi connectivity index (χ4v) is 1.80. The molecule has 104 valence electrons. The van der Waals surface area contributed by atoms with E-state index in [1.54, 1.807) is 25.1 Å². The van der Waals surface area contributed by atoms with E-state index in [9.17, 15) is 13.6 Å². The molecule has 2 N–H and O–H groups in total. The third-order valence-electron chi connectivity index (χ3n) is 2.72. The Morgan fingerprint density at radius 3 is 2.30 bits per heavy atom. The Bertz CT molecular complexity index is 641. The van der Waals surface area contributed by atoms with Gasteiger partial charge in [-0.1, -0.05) is 23.7 Å². The molecular weight excluding hydrogens is 286 g/mol. The summed E-state index contributed by atoms with van der Waals surface area (Å²) in [6, 6.07) is 7.56. The number of benzene rings is 2. The molecule has 2 aromatic carbocycles. The zero-order valence-corrected chi connectivity index (χ0v) is 11.3. The molecule has 0 fully saturated rings. The van der Waals surface area contributed by atoms with Crippen molar-refractivity contribution in [2.45, 2.75) is 6.92 Å². The number of hydrogen-bond acceptors (Lipinski definition) is 1. The van der Waals surface area contributed by atoms with Gasteiger partial charge in [0, 0.05) is 10.7 Å². The molecular formula is C14H11ClF2N2O. The standard InChI is InChI=1S/C14H11ClF2N2O/c1-8-9(15)4-2-7-12(8)18-14(20)19-13-10(16)5-3-6-11(13)17/h2-7H,1H3,(H2,18,19,20). The molecule has 0 radical (unpaired) electrons. The maximum absolute atomic E-state index is 13.4. The first kappa shape index (κ1) is 14.3. The lowest BCUT2D eigenvalue weighted by Crippen LogP contribution is -2.21. The smallest absolute Gasteiger partial charge is 0.307 e. The van der Waals surface area contributed by atoms with E-state index >= 15 is 0 Å². The van der Waals surface area contributed by atoms with Crippen molar-refractivity contribution in [1.82, 2.24) is 0 Å². The molecule has 6 heteroatoms. The maximum atomic E-state index is 13.4. The Hall–Kier alpha value is -2.14. The third-order valence-corrected chi connectivity index (χ3v) is 3.13. The van der Waals surface area contributed by atoms with E-state index in [0.29, 0.717) is 16.3 Å². The van der Waals surface area contributed by atoms with Gasteiger partial charge < -0.3 is 10.6 Å². The fourth-order valence-electron chi connectivity index (χ4n) is 1.63. The predicted octanol–water partition coefficient (Wildman–Crippen LogP) is 4.57. The van der Waals surface area contributed by atoms with E-state index in [4.69, 9.17) is 11.6 Å². The van der Waals surface area contributed by atoms with E-state index in [1.165, 1.54) is 6.07 Å². The van der Waals surface area contributed by atoms with Gasteiger partial charge in [0.15, 0.2) is 0 Å². The second-order valence-corrected chi connectivity index (χ2v) is 4.50. The highest BCUT2D eigenvalue weighted by Crippen LogP contribution is 2.23. The Balaban J connectivity index is 2.16. The van der Waals surface area contributed by atoms with Crippen LogP contribution in [0.25, 0.3) is 0 Å². The summed E-state index contributed by atoms with van der Waals surface area (Å²) in [6.45, 7) is 1.72. The van der Waals surface area contributed by atoms with Gasteiger partial charge in [0.25, 0.3) is 0 Å². The molecule has 2 amide bonds. The van der Waals surface area contributed by atoms with Gasteiger partial charge in [-0.3, -0.25) is 0 Å². The van der Waals surface area contributed by atoms with E-state index < -0.39 is 23.4 Å². The fraction of sp³-hybridized carbons (Fsp3) is 0.0714. The Morgan fingerprint density at radius 1 is 1.05 bits per heavy atom. The summed E-state index contributed by atoms with van der Waals surface area (Å²) in [4.78, 5) is 11.8. The summed E-state index contributed by atoms with van der Waals surface area (Å²) >= 11 is 5.92. The molecule has 0 saturated carbocycles. The van der Waals surface area contributed by atoms with Gasteiger partial charge in [-0.15, -0.1) is 0 Å². The largest absolute Gasteiger partial charge is 0.323 e. The molecule has 2 rings (SSSR count). The number of carbonyl (C=O) groups is 1. The number of urea groups is 1. The average Bonchev–Trinajstić information content (AvgIpc) is 2.39. The number of carbonyl (C=O) groups excluding carboxylic acids is 1. The van der Waals surface area contributed by atoms with E-state index in [2.05, 4.69) is 10.6 Å². The monoisotopic (exact) mass is 296 g/mol. The van der Waals surface area contributed by atoms with Crippen LogP contribution in [0.5, 0.6) is 0 Å². The van der Waals surface area contributed by atoms with Crippen molar-refractivity contribution in [3.8, 4) is 0 Å². The normalized spacial score (nSPS) is 10.2. The van der Waals surface area contributed by atoms with Gasteiger partial charge in [-0.2, -0.15) is 0 Å². The van der Waals surface area contributed by atoms with Crippen LogP contribution in [0.3, 0.4) is 0 Å². The van der Waals surface area contributed by atoms with Crippen LogP contribution in [-0.4, -0.2) is 6.03 Å². The predicted molar refractivity (Wildman–Crippen MR) is 75.2 cm³/mol. The van der Waals surface area contributed by atoms with Gasteiger partial charge >= 0.3 is 6.03 Å². The van der Waals surface area contributed by atoms with Crippen molar-refractivity contribution in [2.24, 2.45) is 0 Å². The summed E-state index contributed by atoms with van der Waals surface area (Å²) in [7, 11) is 0. The van der Waals surface area contributed by atoms with E-state index in [1.807, 2.05) is 0 Å². The topological polar surface area (TPSA) is 41.1 Å². The third kappa shape index (κ3) is 3.05. The Labute approximate surface area is 119 Å². The summed E-state index contributed by atoms with van der Waals surface area (Å²) in [5.74, 6) is -1.69. The Morgan fingerprint density at radius 2 is 1.65 bits per heavy atom. The molecule has 0 unspecified atom stereocenters. The second-order valence-electron chi connectivity index (χ2n) is 4.09. The molecule has 0 aliphatic rings. The SMILES string of the molecule is Cc1c(Cl)cccc1NC(=O)Nc1c(F)cccc1F. The van der Waals surface area contributed by atoms with Crippen LogP contribution < -0.4 is 10.6 Å². The zero-order valence-electron chi connectivity index (χ0n) is 10.5. The highest BCUT2D eigenvalue weighted by Gasteiger charge is 2.12. The van der Waals surface area contributed by atoms with Crippen LogP contribution in [0.1, 0.15) is 5.56 Å². The molecule has 2 aromatic rings. The number of hydrogen-bond donors (Lipinski definition) is 2. The lowest BCUT2D eigenvalue weighted by atomic mass is 10.2.